The van der Waals surface area contributed by atoms with Crippen molar-refractivity contribution in [3.8, 4) is 6.07 Å². The van der Waals surface area contributed by atoms with Gasteiger partial charge >= 0.3 is 5.97 Å². The number of nitriles is 1. The van der Waals surface area contributed by atoms with E-state index < -0.39 is 18.5 Å². The molecular weight excluding hydrogens is 335 g/mol. The summed E-state index contributed by atoms with van der Waals surface area (Å²) < 4.78 is 17.8. The van der Waals surface area contributed by atoms with Crippen molar-refractivity contribution in [2.75, 3.05) is 18.1 Å². The van der Waals surface area contributed by atoms with Crippen LogP contribution in [0.3, 0.4) is 0 Å². The lowest BCUT2D eigenvalue weighted by Gasteiger charge is -2.21. The van der Waals surface area contributed by atoms with Crippen LogP contribution in [0, 0.1) is 17.1 Å². The molecule has 0 heterocycles. The molecule has 2 aromatic carbocycles. The molecule has 0 saturated heterocycles. The summed E-state index contributed by atoms with van der Waals surface area (Å²) in [4.78, 5) is 25.5. The van der Waals surface area contributed by atoms with Crippen molar-refractivity contribution < 1.29 is 18.7 Å². The zero-order valence-electron chi connectivity index (χ0n) is 14.0. The highest BCUT2D eigenvalue weighted by Crippen LogP contribution is 2.14. The van der Waals surface area contributed by atoms with Crippen molar-refractivity contribution in [2.45, 2.75) is 6.42 Å². The van der Waals surface area contributed by atoms with E-state index in [-0.39, 0.29) is 18.8 Å². The van der Waals surface area contributed by atoms with Gasteiger partial charge in [0.2, 0.25) is 0 Å². The van der Waals surface area contributed by atoms with E-state index in [9.17, 15) is 14.0 Å². The minimum Gasteiger partial charge on any atom is -0.452 e. The fourth-order valence-corrected chi connectivity index (χ4v) is 2.16. The van der Waals surface area contributed by atoms with Crippen LogP contribution in [-0.4, -0.2) is 25.0 Å². The van der Waals surface area contributed by atoms with Gasteiger partial charge in [0.1, 0.15) is 5.82 Å². The Labute approximate surface area is 150 Å². The summed E-state index contributed by atoms with van der Waals surface area (Å²) in [6.07, 6.45) is 2.80. The lowest BCUT2D eigenvalue weighted by Crippen LogP contribution is -2.35. The van der Waals surface area contributed by atoms with Gasteiger partial charge in [0.25, 0.3) is 5.91 Å². The average molecular weight is 352 g/mol. The number of rotatable bonds is 7. The third-order valence-corrected chi connectivity index (χ3v) is 3.44. The standard InChI is InChI=1S/C20H17FN2O3/c21-17-10-7-16(8-11-17)9-12-20(25)26-15-19(24)23(14-4-13-22)18-5-2-1-3-6-18/h1-3,5-12H,4,14-15H2/b12-9+. The van der Waals surface area contributed by atoms with Gasteiger partial charge in [-0.3, -0.25) is 4.79 Å². The Hall–Kier alpha value is -3.46. The summed E-state index contributed by atoms with van der Waals surface area (Å²) in [6, 6.07) is 16.4. The van der Waals surface area contributed by atoms with E-state index >= 15 is 0 Å². The first-order valence-electron chi connectivity index (χ1n) is 7.93. The largest absolute Gasteiger partial charge is 0.452 e. The highest BCUT2D eigenvalue weighted by atomic mass is 19.1. The number of nitrogens with zero attached hydrogens (tertiary/aromatic N) is 2. The molecule has 132 valence electrons. The number of hydrogen-bond acceptors (Lipinski definition) is 4. The minimum atomic E-state index is -0.684. The number of ether oxygens (including phenoxy) is 1. The second-order valence-corrected chi connectivity index (χ2v) is 5.28. The second-order valence-electron chi connectivity index (χ2n) is 5.28. The molecule has 0 N–H and O–H groups in total. The van der Waals surface area contributed by atoms with Crippen molar-refractivity contribution in [3.05, 3.63) is 72.1 Å². The van der Waals surface area contributed by atoms with Crippen LogP contribution in [0.2, 0.25) is 0 Å². The molecule has 2 aromatic rings. The molecule has 0 aliphatic rings. The zero-order chi connectivity index (χ0) is 18.8. The van der Waals surface area contributed by atoms with Gasteiger partial charge in [-0.25, -0.2) is 9.18 Å². The first kappa shape index (κ1) is 18.9. The van der Waals surface area contributed by atoms with Gasteiger partial charge in [0.05, 0.1) is 12.5 Å². The molecule has 0 bridgehead atoms. The molecule has 0 aromatic heterocycles. The SMILES string of the molecule is N#CCCN(C(=O)COC(=O)/C=C/c1ccc(F)cc1)c1ccccc1. The van der Waals surface area contributed by atoms with E-state index in [1.165, 1.54) is 41.3 Å². The third kappa shape index (κ3) is 5.87. The molecule has 6 heteroatoms. The van der Waals surface area contributed by atoms with Crippen LogP contribution in [0.15, 0.2) is 60.7 Å². The maximum atomic E-state index is 12.8. The van der Waals surface area contributed by atoms with Crippen molar-refractivity contribution in [3.63, 3.8) is 0 Å². The molecule has 0 spiro atoms. The number of carbonyl (C=O) groups is 2. The topological polar surface area (TPSA) is 70.4 Å². The summed E-state index contributed by atoms with van der Waals surface area (Å²) in [5.41, 5.74) is 1.26. The molecule has 2 rings (SSSR count). The Morgan fingerprint density at radius 2 is 1.81 bits per heavy atom. The van der Waals surface area contributed by atoms with E-state index in [2.05, 4.69) is 0 Å². The Balaban J connectivity index is 1.93. The molecule has 0 aliphatic carbocycles. The molecule has 0 fully saturated rings. The molecule has 26 heavy (non-hydrogen) atoms. The molecule has 0 atom stereocenters. The zero-order valence-corrected chi connectivity index (χ0v) is 14.0. The Morgan fingerprint density at radius 3 is 2.46 bits per heavy atom. The first-order valence-corrected chi connectivity index (χ1v) is 7.93. The Bertz CT molecular complexity index is 811. The van der Waals surface area contributed by atoms with E-state index in [4.69, 9.17) is 10.00 Å². The number of amides is 1. The predicted molar refractivity (Wildman–Crippen MR) is 95.4 cm³/mol. The molecular formula is C20H17FN2O3. The third-order valence-electron chi connectivity index (χ3n) is 3.44. The predicted octanol–water partition coefficient (Wildman–Crippen LogP) is 3.33. The van der Waals surface area contributed by atoms with Crippen molar-refractivity contribution in [2.24, 2.45) is 0 Å². The summed E-state index contributed by atoms with van der Waals surface area (Å²) in [5.74, 6) is -1.47. The van der Waals surface area contributed by atoms with Gasteiger partial charge in [-0.1, -0.05) is 30.3 Å². The van der Waals surface area contributed by atoms with Gasteiger partial charge in [-0.2, -0.15) is 5.26 Å². The maximum Gasteiger partial charge on any atom is 0.331 e. The van der Waals surface area contributed by atoms with Gasteiger partial charge in [-0.05, 0) is 35.9 Å². The van der Waals surface area contributed by atoms with Crippen LogP contribution in [0.5, 0.6) is 0 Å². The molecule has 5 nitrogen and oxygen atoms in total. The molecule has 0 aliphatic heterocycles. The number of benzene rings is 2. The number of para-hydroxylation sites is 1. The summed E-state index contributed by atoms with van der Waals surface area (Å²) in [7, 11) is 0. The van der Waals surface area contributed by atoms with Crippen molar-refractivity contribution in [1.29, 1.82) is 5.26 Å². The summed E-state index contributed by atoms with van der Waals surface area (Å²) in [5, 5.41) is 8.75. The number of esters is 1. The Morgan fingerprint density at radius 1 is 1.12 bits per heavy atom. The number of carbonyl (C=O) groups excluding carboxylic acids is 2. The monoisotopic (exact) mass is 352 g/mol. The van der Waals surface area contributed by atoms with Crippen molar-refractivity contribution in [1.82, 2.24) is 0 Å². The van der Waals surface area contributed by atoms with Gasteiger partial charge in [0, 0.05) is 18.3 Å². The van der Waals surface area contributed by atoms with Gasteiger partial charge in [-0.15, -0.1) is 0 Å². The molecule has 0 unspecified atom stereocenters. The quantitative estimate of drug-likeness (QED) is 0.566. The van der Waals surface area contributed by atoms with E-state index in [0.29, 0.717) is 11.3 Å². The van der Waals surface area contributed by atoms with Crippen LogP contribution in [0.25, 0.3) is 6.08 Å². The fourth-order valence-electron chi connectivity index (χ4n) is 2.16. The van der Waals surface area contributed by atoms with E-state index in [0.717, 1.165) is 0 Å². The van der Waals surface area contributed by atoms with Crippen LogP contribution in [-0.2, 0) is 14.3 Å². The highest BCUT2D eigenvalue weighted by Gasteiger charge is 2.16. The minimum absolute atomic E-state index is 0.166. The van der Waals surface area contributed by atoms with Gasteiger partial charge in [0.15, 0.2) is 6.61 Å². The summed E-state index contributed by atoms with van der Waals surface area (Å²) in [6.45, 7) is -0.227. The normalized spacial score (nSPS) is 10.3. The van der Waals surface area contributed by atoms with Crippen molar-refractivity contribution >= 4 is 23.6 Å². The lowest BCUT2D eigenvalue weighted by atomic mass is 10.2. The lowest BCUT2D eigenvalue weighted by molar-refractivity contribution is -0.142. The van der Waals surface area contributed by atoms with E-state index in [1.54, 1.807) is 24.3 Å². The smallest absolute Gasteiger partial charge is 0.331 e. The average Bonchev–Trinajstić information content (AvgIpc) is 2.67. The first-order chi connectivity index (χ1) is 12.6. The second kappa shape index (κ2) is 9.74. The number of hydrogen-bond donors (Lipinski definition) is 0. The van der Waals surface area contributed by atoms with Crippen LogP contribution in [0.4, 0.5) is 10.1 Å². The maximum absolute atomic E-state index is 12.8. The number of anilines is 1. The fraction of sp³-hybridized carbons (Fsp3) is 0.150. The summed E-state index contributed by atoms with van der Waals surface area (Å²) >= 11 is 0. The Kier molecular flexibility index (Phi) is 7.07. The molecule has 1 amide bonds. The van der Waals surface area contributed by atoms with Gasteiger partial charge < -0.3 is 9.64 Å². The van der Waals surface area contributed by atoms with Crippen LogP contribution in [0.1, 0.15) is 12.0 Å². The van der Waals surface area contributed by atoms with Crippen LogP contribution >= 0.6 is 0 Å². The molecule has 0 radical (unpaired) electrons. The number of halogens is 1. The highest BCUT2D eigenvalue weighted by molar-refractivity contribution is 5.96. The van der Waals surface area contributed by atoms with Crippen LogP contribution < -0.4 is 4.90 Å². The van der Waals surface area contributed by atoms with E-state index in [1.807, 2.05) is 12.1 Å². The molecule has 0 saturated carbocycles.